The second kappa shape index (κ2) is 10.9. The van der Waals surface area contributed by atoms with Gasteiger partial charge in [-0.15, -0.1) is 0 Å². The standard InChI is InChI=1S/C18H26FNO3.CH2O2/c1-2-9-18(13-21)12-20(10-8-16(18)22)17(23)7-6-14-4-3-5-15(19)11-14;2-1-3/h3-5,11,16,21-22H,2,6-10,12-13H2,1H3;1H,(H,2,3)/t16-,18-;/m0./s1. The highest BCUT2D eigenvalue weighted by Gasteiger charge is 2.42. The molecule has 1 aliphatic rings. The van der Waals surface area contributed by atoms with E-state index in [4.69, 9.17) is 9.90 Å². The number of benzene rings is 1. The van der Waals surface area contributed by atoms with E-state index in [1.807, 2.05) is 13.0 Å². The molecule has 1 heterocycles. The molecule has 146 valence electrons. The number of likely N-dealkylation sites (tertiary alicyclic amines) is 1. The van der Waals surface area contributed by atoms with Gasteiger partial charge in [-0.25, -0.2) is 4.39 Å². The molecule has 1 aromatic carbocycles. The molecule has 0 aliphatic carbocycles. The minimum Gasteiger partial charge on any atom is -0.483 e. The Morgan fingerprint density at radius 1 is 1.46 bits per heavy atom. The maximum atomic E-state index is 13.2. The number of hydrogen-bond acceptors (Lipinski definition) is 4. The molecule has 3 N–H and O–H groups in total. The number of amides is 1. The smallest absolute Gasteiger partial charge is 0.290 e. The zero-order valence-electron chi connectivity index (χ0n) is 15.1. The summed E-state index contributed by atoms with van der Waals surface area (Å²) in [6.45, 7) is 2.54. The number of carbonyl (C=O) groups is 2. The van der Waals surface area contributed by atoms with Crippen LogP contribution in [0.25, 0.3) is 0 Å². The predicted octanol–water partition coefficient (Wildman–Crippen LogP) is 1.83. The molecule has 0 radical (unpaired) electrons. The number of hydrogen-bond donors (Lipinski definition) is 3. The highest BCUT2D eigenvalue weighted by atomic mass is 19.1. The van der Waals surface area contributed by atoms with E-state index >= 15 is 0 Å². The monoisotopic (exact) mass is 369 g/mol. The van der Waals surface area contributed by atoms with Crippen molar-refractivity contribution in [2.75, 3.05) is 19.7 Å². The molecule has 26 heavy (non-hydrogen) atoms. The number of aliphatic hydroxyl groups is 2. The Bertz CT molecular complexity index is 583. The maximum absolute atomic E-state index is 13.2. The van der Waals surface area contributed by atoms with Gasteiger partial charge in [-0.05, 0) is 37.0 Å². The summed E-state index contributed by atoms with van der Waals surface area (Å²) in [5, 5.41) is 26.9. The first-order valence-corrected chi connectivity index (χ1v) is 8.81. The van der Waals surface area contributed by atoms with Crippen LogP contribution >= 0.6 is 0 Å². The van der Waals surface area contributed by atoms with Gasteiger partial charge in [0.2, 0.25) is 5.91 Å². The fraction of sp³-hybridized carbons (Fsp3) is 0.579. The fourth-order valence-electron chi connectivity index (χ4n) is 3.44. The number of aryl methyl sites for hydroxylation is 1. The quantitative estimate of drug-likeness (QED) is 0.665. The SMILES string of the molecule is CCC[C@@]1(CO)CN(C(=O)CCc2cccc(F)c2)CC[C@@H]1O.O=CO. The molecule has 1 saturated heterocycles. The first-order valence-electron chi connectivity index (χ1n) is 8.81. The summed E-state index contributed by atoms with van der Waals surface area (Å²) in [5.41, 5.74) is 0.194. The molecule has 1 amide bonds. The molecule has 0 unspecified atom stereocenters. The number of piperidine rings is 1. The van der Waals surface area contributed by atoms with Gasteiger partial charge in [-0.2, -0.15) is 0 Å². The van der Waals surface area contributed by atoms with Gasteiger partial charge in [0.1, 0.15) is 5.82 Å². The summed E-state index contributed by atoms with van der Waals surface area (Å²) < 4.78 is 13.2. The predicted molar refractivity (Wildman–Crippen MR) is 95.0 cm³/mol. The molecule has 0 bridgehead atoms. The maximum Gasteiger partial charge on any atom is 0.290 e. The number of aliphatic hydroxyl groups excluding tert-OH is 2. The van der Waals surface area contributed by atoms with Crippen molar-refractivity contribution in [3.05, 3.63) is 35.6 Å². The molecule has 2 rings (SSSR count). The van der Waals surface area contributed by atoms with Crippen molar-refractivity contribution < 1.29 is 29.3 Å². The number of halogens is 1. The minimum atomic E-state index is -0.610. The van der Waals surface area contributed by atoms with E-state index in [0.29, 0.717) is 38.8 Å². The average Bonchev–Trinajstić information content (AvgIpc) is 2.62. The first kappa shape index (κ1) is 22.1. The number of carbonyl (C=O) groups excluding carboxylic acids is 1. The van der Waals surface area contributed by atoms with E-state index in [2.05, 4.69) is 0 Å². The average molecular weight is 369 g/mol. The van der Waals surface area contributed by atoms with Crippen LogP contribution in [0.15, 0.2) is 24.3 Å². The molecule has 0 spiro atoms. The number of nitrogens with zero attached hydrogens (tertiary/aromatic N) is 1. The zero-order valence-corrected chi connectivity index (χ0v) is 15.1. The van der Waals surface area contributed by atoms with Crippen molar-refractivity contribution >= 4 is 12.4 Å². The van der Waals surface area contributed by atoms with Gasteiger partial charge in [0.05, 0.1) is 12.7 Å². The molecule has 0 saturated carbocycles. The van der Waals surface area contributed by atoms with Crippen LogP contribution in [-0.4, -0.2) is 58.4 Å². The van der Waals surface area contributed by atoms with Gasteiger partial charge in [-0.1, -0.05) is 25.5 Å². The van der Waals surface area contributed by atoms with Crippen molar-refractivity contribution in [3.63, 3.8) is 0 Å². The fourth-order valence-corrected chi connectivity index (χ4v) is 3.44. The molecule has 6 nitrogen and oxygen atoms in total. The van der Waals surface area contributed by atoms with Crippen molar-refractivity contribution in [1.82, 2.24) is 4.90 Å². The third-order valence-corrected chi connectivity index (χ3v) is 4.82. The molecule has 1 aliphatic heterocycles. The summed E-state index contributed by atoms with van der Waals surface area (Å²) in [6, 6.07) is 6.29. The summed E-state index contributed by atoms with van der Waals surface area (Å²) >= 11 is 0. The lowest BCUT2D eigenvalue weighted by molar-refractivity contribution is -0.142. The molecule has 2 atom stereocenters. The Balaban J connectivity index is 0.00000105. The third kappa shape index (κ3) is 6.07. The lowest BCUT2D eigenvalue weighted by atomic mass is 9.74. The topological polar surface area (TPSA) is 98.1 Å². The van der Waals surface area contributed by atoms with E-state index in [-0.39, 0.29) is 24.8 Å². The lowest BCUT2D eigenvalue weighted by Crippen LogP contribution is -2.55. The van der Waals surface area contributed by atoms with Crippen LogP contribution < -0.4 is 0 Å². The Kier molecular flexibility index (Phi) is 9.23. The highest BCUT2D eigenvalue weighted by molar-refractivity contribution is 5.76. The molecule has 7 heteroatoms. The van der Waals surface area contributed by atoms with Crippen LogP contribution in [0.5, 0.6) is 0 Å². The zero-order chi connectivity index (χ0) is 19.6. The van der Waals surface area contributed by atoms with Gasteiger partial charge in [0.25, 0.3) is 6.47 Å². The highest BCUT2D eigenvalue weighted by Crippen LogP contribution is 2.34. The van der Waals surface area contributed by atoms with Gasteiger partial charge in [0.15, 0.2) is 0 Å². The molecule has 1 aromatic rings. The summed E-state index contributed by atoms with van der Waals surface area (Å²) in [5.74, 6) is -0.298. The minimum absolute atomic E-state index is 0.00455. The van der Waals surface area contributed by atoms with E-state index in [9.17, 15) is 19.4 Å². The largest absolute Gasteiger partial charge is 0.483 e. The number of rotatable bonds is 6. The van der Waals surface area contributed by atoms with Crippen molar-refractivity contribution in [1.29, 1.82) is 0 Å². The van der Waals surface area contributed by atoms with Crippen molar-refractivity contribution in [2.24, 2.45) is 5.41 Å². The Labute approximate surface area is 153 Å². The third-order valence-electron chi connectivity index (χ3n) is 4.82. The van der Waals surface area contributed by atoms with E-state index in [1.165, 1.54) is 12.1 Å². The Morgan fingerprint density at radius 3 is 2.73 bits per heavy atom. The van der Waals surface area contributed by atoms with Gasteiger partial charge >= 0.3 is 0 Å². The van der Waals surface area contributed by atoms with Gasteiger partial charge in [0, 0.05) is 24.9 Å². The van der Waals surface area contributed by atoms with Crippen LogP contribution in [0.1, 0.15) is 38.2 Å². The Hall–Kier alpha value is -1.99. The molecule has 0 aromatic heterocycles. The lowest BCUT2D eigenvalue weighted by Gasteiger charge is -2.45. The normalized spacial score (nSPS) is 22.3. The molecular weight excluding hydrogens is 341 g/mol. The van der Waals surface area contributed by atoms with Crippen molar-refractivity contribution in [2.45, 2.75) is 45.1 Å². The van der Waals surface area contributed by atoms with Crippen LogP contribution in [0, 0.1) is 11.2 Å². The van der Waals surface area contributed by atoms with Gasteiger partial charge < -0.3 is 20.2 Å². The summed E-state index contributed by atoms with van der Waals surface area (Å²) in [6.07, 6.45) is 2.27. The van der Waals surface area contributed by atoms with Crippen LogP contribution in [0.3, 0.4) is 0 Å². The summed E-state index contributed by atoms with van der Waals surface area (Å²) in [7, 11) is 0. The first-order chi connectivity index (χ1) is 12.4. The van der Waals surface area contributed by atoms with Crippen LogP contribution in [-0.2, 0) is 16.0 Å². The summed E-state index contributed by atoms with van der Waals surface area (Å²) in [4.78, 5) is 22.5. The molecular formula is C19H28FNO5. The second-order valence-corrected chi connectivity index (χ2v) is 6.63. The number of carboxylic acid groups (broad SMARTS) is 1. The second-order valence-electron chi connectivity index (χ2n) is 6.63. The molecule has 1 fully saturated rings. The van der Waals surface area contributed by atoms with Crippen LogP contribution in [0.4, 0.5) is 4.39 Å². The van der Waals surface area contributed by atoms with E-state index in [1.54, 1.807) is 11.0 Å². The van der Waals surface area contributed by atoms with E-state index in [0.717, 1.165) is 12.0 Å². The van der Waals surface area contributed by atoms with Crippen LogP contribution in [0.2, 0.25) is 0 Å². The van der Waals surface area contributed by atoms with Crippen molar-refractivity contribution in [3.8, 4) is 0 Å². The Morgan fingerprint density at radius 2 is 2.15 bits per heavy atom. The van der Waals surface area contributed by atoms with Gasteiger partial charge in [-0.3, -0.25) is 9.59 Å². The van der Waals surface area contributed by atoms with E-state index < -0.39 is 11.5 Å².